The lowest BCUT2D eigenvalue weighted by Gasteiger charge is -2.06. The Balaban J connectivity index is 2.05. The van der Waals surface area contributed by atoms with Crippen molar-refractivity contribution in [2.24, 2.45) is 0 Å². The maximum Gasteiger partial charge on any atom is 0.328 e. The van der Waals surface area contributed by atoms with E-state index in [1.54, 1.807) is 4.68 Å². The third kappa shape index (κ3) is 2.71. The standard InChI is InChI=1S/C15H10BrN3O2/c16-11-9-10(6-8-15(20)21)5-7-13(11)19-14-4-2-1-3-12(14)17-18-19/h1-9H,(H,20,21)/b8-6+. The smallest absolute Gasteiger partial charge is 0.328 e. The quantitative estimate of drug-likeness (QED) is 0.741. The molecule has 3 aromatic rings. The van der Waals surface area contributed by atoms with Gasteiger partial charge in [0.05, 0.1) is 11.2 Å². The number of aliphatic carboxylic acids is 1. The van der Waals surface area contributed by atoms with E-state index in [1.165, 1.54) is 6.08 Å². The number of hydrogen-bond acceptors (Lipinski definition) is 3. The Morgan fingerprint density at radius 3 is 2.81 bits per heavy atom. The van der Waals surface area contributed by atoms with Crippen LogP contribution in [0.5, 0.6) is 0 Å². The highest BCUT2D eigenvalue weighted by Gasteiger charge is 2.09. The van der Waals surface area contributed by atoms with Crippen LogP contribution in [0.4, 0.5) is 0 Å². The number of carbonyl (C=O) groups is 1. The van der Waals surface area contributed by atoms with E-state index in [4.69, 9.17) is 5.11 Å². The average molecular weight is 344 g/mol. The van der Waals surface area contributed by atoms with Crippen molar-refractivity contribution in [1.29, 1.82) is 0 Å². The number of carboxylic acid groups (broad SMARTS) is 1. The molecule has 0 saturated heterocycles. The summed E-state index contributed by atoms with van der Waals surface area (Å²) in [6.45, 7) is 0. The zero-order valence-electron chi connectivity index (χ0n) is 10.8. The second-order valence-corrected chi connectivity index (χ2v) is 5.23. The maximum absolute atomic E-state index is 10.5. The summed E-state index contributed by atoms with van der Waals surface area (Å²) in [5.74, 6) is -0.975. The summed E-state index contributed by atoms with van der Waals surface area (Å²) in [6.07, 6.45) is 2.64. The second-order valence-electron chi connectivity index (χ2n) is 4.37. The van der Waals surface area contributed by atoms with Crippen LogP contribution in [0.2, 0.25) is 0 Å². The summed E-state index contributed by atoms with van der Waals surface area (Å²) in [7, 11) is 0. The highest BCUT2D eigenvalue weighted by atomic mass is 79.9. The van der Waals surface area contributed by atoms with Gasteiger partial charge in [-0.05, 0) is 51.8 Å². The molecule has 0 aliphatic carbocycles. The van der Waals surface area contributed by atoms with E-state index in [0.717, 1.165) is 32.8 Å². The van der Waals surface area contributed by atoms with Crippen LogP contribution < -0.4 is 0 Å². The van der Waals surface area contributed by atoms with Crippen molar-refractivity contribution >= 4 is 39.0 Å². The van der Waals surface area contributed by atoms with E-state index in [9.17, 15) is 4.79 Å². The molecule has 2 aromatic carbocycles. The molecule has 6 heteroatoms. The van der Waals surface area contributed by atoms with Crippen LogP contribution in [-0.4, -0.2) is 26.1 Å². The number of fused-ring (bicyclic) bond motifs is 1. The zero-order valence-corrected chi connectivity index (χ0v) is 12.4. The molecule has 0 amide bonds. The fraction of sp³-hybridized carbons (Fsp3) is 0. The molecule has 1 heterocycles. The Morgan fingerprint density at radius 1 is 1.24 bits per heavy atom. The maximum atomic E-state index is 10.5. The van der Waals surface area contributed by atoms with Gasteiger partial charge in [0.15, 0.2) is 0 Å². The van der Waals surface area contributed by atoms with Crippen molar-refractivity contribution in [1.82, 2.24) is 15.0 Å². The van der Waals surface area contributed by atoms with Gasteiger partial charge in [-0.15, -0.1) is 5.10 Å². The molecule has 0 atom stereocenters. The van der Waals surface area contributed by atoms with E-state index in [1.807, 2.05) is 42.5 Å². The number of para-hydroxylation sites is 1. The third-order valence-corrected chi connectivity index (χ3v) is 3.61. The first-order valence-electron chi connectivity index (χ1n) is 6.16. The van der Waals surface area contributed by atoms with Crippen LogP contribution in [0.25, 0.3) is 22.8 Å². The average Bonchev–Trinajstić information content (AvgIpc) is 2.89. The Labute approximate surface area is 128 Å². The lowest BCUT2D eigenvalue weighted by atomic mass is 10.2. The molecule has 0 unspecified atom stereocenters. The SMILES string of the molecule is O=C(O)/C=C/c1ccc(-n2nnc3ccccc32)c(Br)c1. The highest BCUT2D eigenvalue weighted by molar-refractivity contribution is 9.10. The van der Waals surface area contributed by atoms with E-state index in [-0.39, 0.29) is 0 Å². The third-order valence-electron chi connectivity index (χ3n) is 2.97. The van der Waals surface area contributed by atoms with Gasteiger partial charge in [-0.2, -0.15) is 0 Å². The second kappa shape index (κ2) is 5.49. The van der Waals surface area contributed by atoms with Gasteiger partial charge in [0.2, 0.25) is 0 Å². The molecule has 0 saturated carbocycles. The van der Waals surface area contributed by atoms with Crippen molar-refractivity contribution in [2.45, 2.75) is 0 Å². The van der Waals surface area contributed by atoms with Gasteiger partial charge in [-0.25, -0.2) is 9.48 Å². The summed E-state index contributed by atoms with van der Waals surface area (Å²) < 4.78 is 2.55. The predicted octanol–water partition coefficient (Wildman–Crippen LogP) is 3.28. The predicted molar refractivity (Wildman–Crippen MR) is 83.2 cm³/mol. The molecule has 104 valence electrons. The van der Waals surface area contributed by atoms with Gasteiger partial charge in [0.25, 0.3) is 0 Å². The van der Waals surface area contributed by atoms with Crippen molar-refractivity contribution in [3.8, 4) is 5.69 Å². The first kappa shape index (κ1) is 13.5. The van der Waals surface area contributed by atoms with Crippen LogP contribution in [0, 0.1) is 0 Å². The first-order valence-corrected chi connectivity index (χ1v) is 6.96. The molecule has 0 radical (unpaired) electrons. The molecule has 3 rings (SSSR count). The zero-order chi connectivity index (χ0) is 14.8. The molecular formula is C15H10BrN3O2. The Kier molecular flexibility index (Phi) is 3.53. The molecule has 21 heavy (non-hydrogen) atoms. The van der Waals surface area contributed by atoms with Gasteiger partial charge < -0.3 is 5.11 Å². The number of nitrogens with zero attached hydrogens (tertiary/aromatic N) is 3. The minimum absolute atomic E-state index is 0.789. The van der Waals surface area contributed by atoms with Crippen molar-refractivity contribution in [3.05, 3.63) is 58.6 Å². The number of benzene rings is 2. The van der Waals surface area contributed by atoms with Crippen LogP contribution in [0.1, 0.15) is 5.56 Å². The summed E-state index contributed by atoms with van der Waals surface area (Å²) in [4.78, 5) is 10.5. The largest absolute Gasteiger partial charge is 0.478 e. The van der Waals surface area contributed by atoms with E-state index in [0.29, 0.717) is 0 Å². The van der Waals surface area contributed by atoms with Crippen LogP contribution in [-0.2, 0) is 4.79 Å². The Morgan fingerprint density at radius 2 is 2.05 bits per heavy atom. The number of rotatable bonds is 3. The fourth-order valence-corrected chi connectivity index (χ4v) is 2.58. The molecular weight excluding hydrogens is 334 g/mol. The molecule has 0 bridgehead atoms. The highest BCUT2D eigenvalue weighted by Crippen LogP contribution is 2.25. The summed E-state index contributed by atoms with van der Waals surface area (Å²) in [5, 5.41) is 16.9. The number of hydrogen-bond donors (Lipinski definition) is 1. The molecule has 0 aliphatic rings. The Bertz CT molecular complexity index is 855. The van der Waals surface area contributed by atoms with Gasteiger partial charge in [-0.3, -0.25) is 0 Å². The van der Waals surface area contributed by atoms with Gasteiger partial charge in [-0.1, -0.05) is 23.4 Å². The van der Waals surface area contributed by atoms with Crippen LogP contribution >= 0.6 is 15.9 Å². The van der Waals surface area contributed by atoms with E-state index >= 15 is 0 Å². The minimum atomic E-state index is -0.975. The molecule has 0 fully saturated rings. The molecule has 1 N–H and O–H groups in total. The normalized spacial score (nSPS) is 11.3. The molecule has 1 aromatic heterocycles. The lowest BCUT2D eigenvalue weighted by Crippen LogP contribution is -1.98. The number of halogens is 1. The van der Waals surface area contributed by atoms with Crippen molar-refractivity contribution in [3.63, 3.8) is 0 Å². The summed E-state index contributed by atoms with van der Waals surface area (Å²) in [6, 6.07) is 13.2. The summed E-state index contributed by atoms with van der Waals surface area (Å²) in [5.41, 5.74) is 3.36. The van der Waals surface area contributed by atoms with Crippen LogP contribution in [0.15, 0.2) is 53.0 Å². The van der Waals surface area contributed by atoms with Crippen LogP contribution in [0.3, 0.4) is 0 Å². The monoisotopic (exact) mass is 343 g/mol. The lowest BCUT2D eigenvalue weighted by molar-refractivity contribution is -0.131. The minimum Gasteiger partial charge on any atom is -0.478 e. The number of carboxylic acids is 1. The fourth-order valence-electron chi connectivity index (χ4n) is 2.01. The van der Waals surface area contributed by atoms with Gasteiger partial charge >= 0.3 is 5.97 Å². The van der Waals surface area contributed by atoms with Crippen molar-refractivity contribution < 1.29 is 9.90 Å². The molecule has 0 aliphatic heterocycles. The molecule has 0 spiro atoms. The van der Waals surface area contributed by atoms with Gasteiger partial charge in [0, 0.05) is 10.5 Å². The van der Waals surface area contributed by atoms with E-state index in [2.05, 4.69) is 26.2 Å². The first-order chi connectivity index (χ1) is 10.1. The van der Waals surface area contributed by atoms with Crippen molar-refractivity contribution in [2.75, 3.05) is 0 Å². The van der Waals surface area contributed by atoms with E-state index < -0.39 is 5.97 Å². The topological polar surface area (TPSA) is 68.0 Å². The molecule has 5 nitrogen and oxygen atoms in total. The Hall–Kier alpha value is -2.47. The van der Waals surface area contributed by atoms with Gasteiger partial charge in [0.1, 0.15) is 5.52 Å². The summed E-state index contributed by atoms with van der Waals surface area (Å²) >= 11 is 3.49. The number of aromatic nitrogens is 3.